The first-order valence-electron chi connectivity index (χ1n) is 10.9. The van der Waals surface area contributed by atoms with Crippen LogP contribution in [0.2, 0.25) is 5.15 Å². The maximum atomic E-state index is 10.1. The molecule has 0 N–H and O–H groups in total. The zero-order chi connectivity index (χ0) is 23.5. The number of allylic oxidation sites excluding steroid dienone is 1. The normalized spacial score (nSPS) is 14.3. The topological polar surface area (TPSA) is 84.8 Å². The summed E-state index contributed by atoms with van der Waals surface area (Å²) < 4.78 is 9.07. The van der Waals surface area contributed by atoms with Crippen LogP contribution < -0.4 is 4.90 Å². The predicted octanol–water partition coefficient (Wildman–Crippen LogP) is 4.32. The Morgan fingerprint density at radius 1 is 1.00 bits per heavy atom. The molecule has 1 saturated heterocycles. The summed E-state index contributed by atoms with van der Waals surface area (Å²) in [6.45, 7) is 4.50. The monoisotopic (exact) mass is 471 g/mol. The number of nitriles is 1. The van der Waals surface area contributed by atoms with Crippen molar-refractivity contribution in [3.8, 4) is 17.4 Å². The van der Waals surface area contributed by atoms with E-state index in [2.05, 4.69) is 26.3 Å². The molecule has 0 spiro atoms. The van der Waals surface area contributed by atoms with E-state index < -0.39 is 0 Å². The van der Waals surface area contributed by atoms with Crippen LogP contribution in [0.1, 0.15) is 17.1 Å². The molecule has 4 aromatic rings. The van der Waals surface area contributed by atoms with Gasteiger partial charge in [-0.3, -0.25) is 4.57 Å². The van der Waals surface area contributed by atoms with Crippen molar-refractivity contribution in [1.82, 2.24) is 24.5 Å². The van der Waals surface area contributed by atoms with Gasteiger partial charge in [0.2, 0.25) is 5.95 Å². The molecule has 0 radical (unpaired) electrons. The van der Waals surface area contributed by atoms with Crippen molar-refractivity contribution >= 4 is 29.2 Å². The van der Waals surface area contributed by atoms with E-state index in [0.717, 1.165) is 11.4 Å². The van der Waals surface area contributed by atoms with Crippen molar-refractivity contribution < 1.29 is 4.74 Å². The zero-order valence-corrected chi connectivity index (χ0v) is 19.4. The molecule has 0 atom stereocenters. The average Bonchev–Trinajstić information content (AvgIpc) is 3.45. The second-order valence-corrected chi connectivity index (χ2v) is 8.16. The van der Waals surface area contributed by atoms with Crippen LogP contribution in [0.4, 0.5) is 5.95 Å². The Balaban J connectivity index is 1.63. The minimum absolute atomic E-state index is 0.341. The summed E-state index contributed by atoms with van der Waals surface area (Å²) in [4.78, 5) is 2.12. The Hall–Kier alpha value is -3.93. The number of ether oxygens (including phenoxy) is 1. The molecule has 1 aliphatic heterocycles. The highest BCUT2D eigenvalue weighted by Gasteiger charge is 2.24. The number of para-hydroxylation sites is 2. The first kappa shape index (κ1) is 21.9. The third-order valence-corrected chi connectivity index (χ3v) is 6.02. The number of morpholine rings is 1. The first-order chi connectivity index (χ1) is 16.7. The summed E-state index contributed by atoms with van der Waals surface area (Å²) in [5, 5.41) is 24.0. The molecule has 5 rings (SSSR count). The van der Waals surface area contributed by atoms with Gasteiger partial charge in [0.1, 0.15) is 11.2 Å². The second-order valence-electron chi connectivity index (χ2n) is 7.80. The maximum Gasteiger partial charge on any atom is 0.232 e. The predicted molar refractivity (Wildman–Crippen MR) is 131 cm³/mol. The Morgan fingerprint density at radius 3 is 2.29 bits per heavy atom. The van der Waals surface area contributed by atoms with Crippen LogP contribution in [0.3, 0.4) is 0 Å². The lowest BCUT2D eigenvalue weighted by molar-refractivity contribution is 0.122. The van der Waals surface area contributed by atoms with E-state index in [1.165, 1.54) is 0 Å². The van der Waals surface area contributed by atoms with E-state index in [4.69, 9.17) is 16.3 Å². The number of anilines is 1. The molecule has 0 amide bonds. The smallest absolute Gasteiger partial charge is 0.232 e. The Labute approximate surface area is 202 Å². The van der Waals surface area contributed by atoms with Crippen LogP contribution in [0.15, 0.2) is 60.7 Å². The summed E-state index contributed by atoms with van der Waals surface area (Å²) in [6, 6.07) is 21.7. The van der Waals surface area contributed by atoms with Gasteiger partial charge in [-0.1, -0.05) is 48.0 Å². The van der Waals surface area contributed by atoms with E-state index in [-0.39, 0.29) is 0 Å². The Bertz CT molecular complexity index is 1360. The standard InChI is InChI=1S/C25H22ClN7O/c1-18-22(23(26)33(30-18)21-10-6-3-7-11-21)16-19(17-27)24-28-29-25(31-12-14-34-15-13-31)32(24)20-8-4-2-5-9-20/h2-11,16H,12-15H2,1H3. The molecule has 2 aromatic carbocycles. The fraction of sp³-hybridized carbons (Fsp3) is 0.200. The highest BCUT2D eigenvalue weighted by molar-refractivity contribution is 6.31. The van der Waals surface area contributed by atoms with E-state index in [1.807, 2.05) is 72.2 Å². The van der Waals surface area contributed by atoms with Gasteiger partial charge in [0.25, 0.3) is 0 Å². The molecule has 1 fully saturated rings. The van der Waals surface area contributed by atoms with Crippen LogP contribution >= 0.6 is 11.6 Å². The minimum Gasteiger partial charge on any atom is -0.378 e. The van der Waals surface area contributed by atoms with Crippen LogP contribution in [-0.4, -0.2) is 50.8 Å². The van der Waals surface area contributed by atoms with E-state index in [1.54, 1.807) is 10.8 Å². The molecule has 170 valence electrons. The lowest BCUT2D eigenvalue weighted by Crippen LogP contribution is -2.38. The molecule has 0 unspecified atom stereocenters. The van der Waals surface area contributed by atoms with Crippen molar-refractivity contribution in [2.75, 3.05) is 31.2 Å². The quantitative estimate of drug-likeness (QED) is 0.403. The number of aryl methyl sites for hydroxylation is 1. The zero-order valence-electron chi connectivity index (χ0n) is 18.6. The minimum atomic E-state index is 0.341. The number of benzene rings is 2. The van der Waals surface area contributed by atoms with Gasteiger partial charge in [-0.2, -0.15) is 10.4 Å². The highest BCUT2D eigenvalue weighted by Crippen LogP contribution is 2.30. The molecular formula is C25H22ClN7O. The van der Waals surface area contributed by atoms with Gasteiger partial charge in [-0.25, -0.2) is 4.68 Å². The van der Waals surface area contributed by atoms with E-state index in [9.17, 15) is 5.26 Å². The molecule has 34 heavy (non-hydrogen) atoms. The SMILES string of the molecule is Cc1nn(-c2ccccc2)c(Cl)c1C=C(C#N)c1nnc(N2CCOCC2)n1-c1ccccc1. The number of aromatic nitrogens is 5. The van der Waals surface area contributed by atoms with Gasteiger partial charge >= 0.3 is 0 Å². The van der Waals surface area contributed by atoms with Crippen molar-refractivity contribution in [2.45, 2.75) is 6.92 Å². The third-order valence-electron chi connectivity index (χ3n) is 5.65. The van der Waals surface area contributed by atoms with Crippen LogP contribution in [0.25, 0.3) is 23.0 Å². The molecule has 3 heterocycles. The summed E-state index contributed by atoms with van der Waals surface area (Å²) in [6.07, 6.45) is 1.73. The van der Waals surface area contributed by atoms with Crippen LogP contribution in [0, 0.1) is 18.3 Å². The fourth-order valence-electron chi connectivity index (χ4n) is 3.94. The lowest BCUT2D eigenvalue weighted by Gasteiger charge is -2.28. The average molecular weight is 472 g/mol. The van der Waals surface area contributed by atoms with Crippen LogP contribution in [0.5, 0.6) is 0 Å². The molecule has 0 saturated carbocycles. The Kier molecular flexibility index (Phi) is 6.12. The third kappa shape index (κ3) is 4.07. The summed E-state index contributed by atoms with van der Waals surface area (Å²) in [5.41, 5.74) is 3.43. The van der Waals surface area contributed by atoms with Crippen LogP contribution in [-0.2, 0) is 4.74 Å². The fourth-order valence-corrected chi connectivity index (χ4v) is 4.27. The molecule has 9 heteroatoms. The molecule has 8 nitrogen and oxygen atoms in total. The van der Waals surface area contributed by atoms with Gasteiger partial charge in [0, 0.05) is 18.7 Å². The molecule has 1 aliphatic rings. The lowest BCUT2D eigenvalue weighted by atomic mass is 10.1. The molecule has 0 bridgehead atoms. The summed E-state index contributed by atoms with van der Waals surface area (Å²) in [5.74, 6) is 1.12. The molecule has 0 aliphatic carbocycles. The van der Waals surface area contributed by atoms with E-state index >= 15 is 0 Å². The van der Waals surface area contributed by atoms with E-state index in [0.29, 0.717) is 60.1 Å². The second kappa shape index (κ2) is 9.51. The number of nitrogens with zero attached hydrogens (tertiary/aromatic N) is 7. The highest BCUT2D eigenvalue weighted by atomic mass is 35.5. The van der Waals surface area contributed by atoms with Crippen molar-refractivity contribution in [1.29, 1.82) is 5.26 Å². The molecular weight excluding hydrogens is 450 g/mol. The largest absolute Gasteiger partial charge is 0.378 e. The van der Waals surface area contributed by atoms with Crippen molar-refractivity contribution in [3.05, 3.63) is 82.9 Å². The number of hydrogen-bond donors (Lipinski definition) is 0. The van der Waals surface area contributed by atoms with Gasteiger partial charge in [0.15, 0.2) is 5.82 Å². The van der Waals surface area contributed by atoms with Crippen molar-refractivity contribution in [3.63, 3.8) is 0 Å². The number of halogens is 1. The van der Waals surface area contributed by atoms with Crippen molar-refractivity contribution in [2.24, 2.45) is 0 Å². The summed E-state index contributed by atoms with van der Waals surface area (Å²) in [7, 11) is 0. The first-order valence-corrected chi connectivity index (χ1v) is 11.3. The van der Waals surface area contributed by atoms with Gasteiger partial charge in [-0.15, -0.1) is 10.2 Å². The Morgan fingerprint density at radius 2 is 1.65 bits per heavy atom. The van der Waals surface area contributed by atoms with Gasteiger partial charge in [-0.05, 0) is 37.3 Å². The molecule has 2 aromatic heterocycles. The van der Waals surface area contributed by atoms with Gasteiger partial charge < -0.3 is 9.64 Å². The number of hydrogen-bond acceptors (Lipinski definition) is 6. The summed E-state index contributed by atoms with van der Waals surface area (Å²) >= 11 is 6.72. The van der Waals surface area contributed by atoms with Gasteiger partial charge in [0.05, 0.1) is 35.9 Å². The maximum absolute atomic E-state index is 10.1. The number of rotatable bonds is 5.